The Morgan fingerprint density at radius 2 is 1.83 bits per heavy atom. The number of aromatic nitrogens is 4. The van der Waals surface area contributed by atoms with Crippen LogP contribution in [0.4, 0.5) is 8.78 Å². The third kappa shape index (κ3) is 2.89. The number of hydrogen-bond acceptors (Lipinski definition) is 5. The lowest BCUT2D eigenvalue weighted by molar-refractivity contribution is 0.413. The summed E-state index contributed by atoms with van der Waals surface area (Å²) in [5, 5.41) is 4.55. The molecule has 0 radical (unpaired) electrons. The summed E-state index contributed by atoms with van der Waals surface area (Å²) >= 11 is 0. The molecule has 0 spiro atoms. The molecule has 0 aliphatic carbocycles. The van der Waals surface area contributed by atoms with Crippen LogP contribution < -0.4 is 4.74 Å². The summed E-state index contributed by atoms with van der Waals surface area (Å²) in [5.74, 6) is -0.953. The Hall–Kier alpha value is -4.07. The van der Waals surface area contributed by atoms with E-state index in [9.17, 15) is 8.78 Å². The Morgan fingerprint density at radius 3 is 2.70 bits per heavy atom. The first-order valence-corrected chi connectivity index (χ1v) is 9.01. The van der Waals surface area contributed by atoms with E-state index in [4.69, 9.17) is 9.26 Å². The molecular formula is C22H14F2N4O2. The predicted molar refractivity (Wildman–Crippen MR) is 107 cm³/mol. The third-order valence-electron chi connectivity index (χ3n) is 4.87. The first-order valence-electron chi connectivity index (χ1n) is 9.01. The second-order valence-corrected chi connectivity index (χ2v) is 6.61. The van der Waals surface area contributed by atoms with Crippen LogP contribution in [0.5, 0.6) is 5.75 Å². The van der Waals surface area contributed by atoms with E-state index in [1.165, 1.54) is 18.3 Å². The molecule has 0 aliphatic rings. The molecule has 1 aromatic carbocycles. The van der Waals surface area contributed by atoms with Gasteiger partial charge in [-0.25, -0.2) is 13.8 Å². The van der Waals surface area contributed by atoms with Crippen LogP contribution in [0.3, 0.4) is 0 Å². The van der Waals surface area contributed by atoms with Crippen molar-refractivity contribution < 1.29 is 18.0 Å². The van der Waals surface area contributed by atoms with E-state index in [1.54, 1.807) is 31.9 Å². The smallest absolute Gasteiger partial charge is 0.176 e. The van der Waals surface area contributed by atoms with Crippen molar-refractivity contribution in [3.8, 4) is 39.3 Å². The largest absolute Gasteiger partial charge is 0.495 e. The van der Waals surface area contributed by atoms with Crippen molar-refractivity contribution in [2.24, 2.45) is 0 Å². The van der Waals surface area contributed by atoms with Crippen molar-refractivity contribution in [3.63, 3.8) is 0 Å². The van der Waals surface area contributed by atoms with E-state index in [-0.39, 0.29) is 5.56 Å². The number of pyridine rings is 2. The Labute approximate surface area is 169 Å². The Balaban J connectivity index is 1.66. The van der Waals surface area contributed by atoms with Gasteiger partial charge in [-0.2, -0.15) is 0 Å². The van der Waals surface area contributed by atoms with Gasteiger partial charge in [0.25, 0.3) is 0 Å². The quantitative estimate of drug-likeness (QED) is 0.444. The highest BCUT2D eigenvalue weighted by Gasteiger charge is 2.21. The standard InChI is InChI=1S/C22H14F2N4O2/c1-29-14-5-12(7-25-9-14)13-6-16-17(10-27-22(16)26-8-13)21-18(11-28-30-21)15-3-2-4-19(23)20(15)24/h2-11H,1H3,(H,26,27). The van der Waals surface area contributed by atoms with Gasteiger partial charge in [0.1, 0.15) is 11.4 Å². The fourth-order valence-electron chi connectivity index (χ4n) is 3.37. The average molecular weight is 404 g/mol. The van der Waals surface area contributed by atoms with Crippen molar-refractivity contribution >= 4 is 11.0 Å². The molecule has 5 aromatic rings. The van der Waals surface area contributed by atoms with Crippen LogP contribution in [0.2, 0.25) is 0 Å². The van der Waals surface area contributed by atoms with E-state index in [0.29, 0.717) is 28.3 Å². The van der Waals surface area contributed by atoms with Gasteiger partial charge in [0.2, 0.25) is 0 Å². The van der Waals surface area contributed by atoms with Gasteiger partial charge >= 0.3 is 0 Å². The molecule has 0 saturated heterocycles. The lowest BCUT2D eigenvalue weighted by Gasteiger charge is -2.05. The number of hydrogen-bond donors (Lipinski definition) is 1. The number of ether oxygens (including phenoxy) is 1. The number of aromatic amines is 1. The number of nitrogens with one attached hydrogen (secondary N) is 1. The molecule has 0 amide bonds. The van der Waals surface area contributed by atoms with E-state index in [0.717, 1.165) is 22.6 Å². The van der Waals surface area contributed by atoms with Gasteiger partial charge in [0.15, 0.2) is 17.4 Å². The first kappa shape index (κ1) is 18.0. The Kier molecular flexibility index (Phi) is 4.24. The topological polar surface area (TPSA) is 76.8 Å². The highest BCUT2D eigenvalue weighted by molar-refractivity contribution is 5.97. The number of fused-ring (bicyclic) bond motifs is 1. The molecule has 0 unspecified atom stereocenters. The molecular weight excluding hydrogens is 390 g/mol. The molecule has 5 rings (SSSR count). The second-order valence-electron chi connectivity index (χ2n) is 6.61. The Bertz CT molecular complexity index is 1380. The maximum Gasteiger partial charge on any atom is 0.176 e. The third-order valence-corrected chi connectivity index (χ3v) is 4.87. The van der Waals surface area contributed by atoms with E-state index < -0.39 is 11.6 Å². The summed E-state index contributed by atoms with van der Waals surface area (Å²) in [6.45, 7) is 0. The van der Waals surface area contributed by atoms with Gasteiger partial charge in [-0.05, 0) is 18.2 Å². The molecule has 1 N–H and O–H groups in total. The second kappa shape index (κ2) is 7.07. The van der Waals surface area contributed by atoms with Crippen molar-refractivity contribution in [2.45, 2.75) is 0 Å². The first-order chi connectivity index (χ1) is 14.7. The van der Waals surface area contributed by atoms with E-state index >= 15 is 0 Å². The van der Waals surface area contributed by atoms with E-state index in [1.807, 2.05) is 12.1 Å². The van der Waals surface area contributed by atoms with Gasteiger partial charge < -0.3 is 14.2 Å². The van der Waals surface area contributed by atoms with Crippen LogP contribution in [0, 0.1) is 11.6 Å². The summed E-state index contributed by atoms with van der Waals surface area (Å²) in [5.41, 5.74) is 3.30. The van der Waals surface area contributed by atoms with Crippen LogP contribution in [-0.4, -0.2) is 27.2 Å². The number of rotatable bonds is 4. The number of halogens is 2. The zero-order chi connectivity index (χ0) is 20.7. The predicted octanol–water partition coefficient (Wildman–Crippen LogP) is 5.23. The molecule has 0 atom stereocenters. The molecule has 8 heteroatoms. The van der Waals surface area contributed by atoms with Crippen molar-refractivity contribution in [1.29, 1.82) is 0 Å². The maximum absolute atomic E-state index is 14.4. The molecule has 148 valence electrons. The van der Waals surface area contributed by atoms with E-state index in [2.05, 4.69) is 20.1 Å². The van der Waals surface area contributed by atoms with Crippen LogP contribution in [-0.2, 0) is 0 Å². The normalized spacial score (nSPS) is 11.2. The summed E-state index contributed by atoms with van der Waals surface area (Å²) in [6.07, 6.45) is 8.11. The maximum atomic E-state index is 14.4. The molecule has 30 heavy (non-hydrogen) atoms. The SMILES string of the molecule is COc1cncc(-c2cnc3[nH]cc(-c4oncc4-c4cccc(F)c4F)c3c2)c1. The highest BCUT2D eigenvalue weighted by Crippen LogP contribution is 2.38. The molecule has 0 saturated carbocycles. The number of methoxy groups -OCH3 is 1. The molecule has 0 aliphatic heterocycles. The summed E-state index contributed by atoms with van der Waals surface area (Å²) in [4.78, 5) is 11.7. The highest BCUT2D eigenvalue weighted by atomic mass is 19.2. The summed E-state index contributed by atoms with van der Waals surface area (Å²) < 4.78 is 38.8. The zero-order valence-electron chi connectivity index (χ0n) is 15.7. The summed E-state index contributed by atoms with van der Waals surface area (Å²) in [6, 6.07) is 7.75. The van der Waals surface area contributed by atoms with Gasteiger partial charge in [0.05, 0.1) is 25.1 Å². The number of H-pyrrole nitrogens is 1. The fraction of sp³-hybridized carbons (Fsp3) is 0.0455. The molecule has 4 aromatic heterocycles. The minimum Gasteiger partial charge on any atom is -0.495 e. The number of benzene rings is 1. The molecule has 0 fully saturated rings. The average Bonchev–Trinajstić information content (AvgIpc) is 3.42. The van der Waals surface area contributed by atoms with Gasteiger partial charge in [0, 0.05) is 46.2 Å². The van der Waals surface area contributed by atoms with Gasteiger partial charge in [-0.1, -0.05) is 17.3 Å². The van der Waals surface area contributed by atoms with Crippen LogP contribution in [0.1, 0.15) is 0 Å². The molecule has 4 heterocycles. The van der Waals surface area contributed by atoms with Gasteiger partial charge in [-0.15, -0.1) is 0 Å². The minimum atomic E-state index is -0.955. The molecule has 0 bridgehead atoms. The summed E-state index contributed by atoms with van der Waals surface area (Å²) in [7, 11) is 1.57. The monoisotopic (exact) mass is 404 g/mol. The fourth-order valence-corrected chi connectivity index (χ4v) is 3.37. The lowest BCUT2D eigenvalue weighted by Crippen LogP contribution is -1.89. The van der Waals surface area contributed by atoms with Crippen LogP contribution in [0.15, 0.2) is 65.8 Å². The van der Waals surface area contributed by atoms with Crippen LogP contribution in [0.25, 0.3) is 44.6 Å². The molecule has 6 nitrogen and oxygen atoms in total. The minimum absolute atomic E-state index is 0.0710. The van der Waals surface area contributed by atoms with Crippen molar-refractivity contribution in [2.75, 3.05) is 7.11 Å². The number of nitrogens with zero attached hydrogens (tertiary/aromatic N) is 3. The van der Waals surface area contributed by atoms with Gasteiger partial charge in [-0.3, -0.25) is 4.98 Å². The Morgan fingerprint density at radius 1 is 0.967 bits per heavy atom. The van der Waals surface area contributed by atoms with Crippen molar-refractivity contribution in [3.05, 3.63) is 73.0 Å². The zero-order valence-corrected chi connectivity index (χ0v) is 15.7. The van der Waals surface area contributed by atoms with Crippen LogP contribution >= 0.6 is 0 Å². The van der Waals surface area contributed by atoms with Crippen molar-refractivity contribution in [1.82, 2.24) is 20.1 Å². The lowest BCUT2D eigenvalue weighted by atomic mass is 10.0.